The number of ether oxygens (including phenoxy) is 1. The van der Waals surface area contributed by atoms with Crippen LogP contribution in [0.1, 0.15) is 53.4 Å². The predicted molar refractivity (Wildman–Crippen MR) is 128 cm³/mol. The molecule has 1 heterocycles. The monoisotopic (exact) mass is 451 g/mol. The molecule has 2 atom stereocenters. The zero-order valence-corrected chi connectivity index (χ0v) is 19.4. The number of nitrogens with zero attached hydrogens (tertiary/aromatic N) is 1. The van der Waals surface area contributed by atoms with Gasteiger partial charge in [-0.2, -0.15) is 0 Å². The predicted octanol–water partition coefficient (Wildman–Crippen LogP) is 4.61. The standard InChI is InChI=1S/C29H25NO4/c1-4-34-27(33)17-10-9-11-18(16-17)30-25(31)23-24(26(30)32)29(3)21-14-7-5-12-19(21)28(23,2)20-13-6-8-15-22(20)29/h5-16,23-24H,4H2,1-3H3/t23-,24-,28?,29?/m1/s1. The molecule has 5 heteroatoms. The summed E-state index contributed by atoms with van der Waals surface area (Å²) in [5, 5.41) is 0. The van der Waals surface area contributed by atoms with Gasteiger partial charge in [-0.15, -0.1) is 0 Å². The molecule has 2 bridgehead atoms. The Morgan fingerprint density at radius 1 is 0.794 bits per heavy atom. The fourth-order valence-electron chi connectivity index (χ4n) is 6.81. The highest BCUT2D eigenvalue weighted by Crippen LogP contribution is 2.66. The number of esters is 1. The van der Waals surface area contributed by atoms with E-state index in [1.54, 1.807) is 31.2 Å². The first-order chi connectivity index (χ1) is 16.3. The Morgan fingerprint density at radius 2 is 1.26 bits per heavy atom. The van der Waals surface area contributed by atoms with Crippen molar-refractivity contribution < 1.29 is 19.1 Å². The second-order valence-corrected chi connectivity index (χ2v) is 9.73. The third-order valence-corrected chi connectivity index (χ3v) is 8.26. The average molecular weight is 452 g/mol. The van der Waals surface area contributed by atoms with E-state index in [1.165, 1.54) is 4.90 Å². The molecule has 3 aliphatic carbocycles. The van der Waals surface area contributed by atoms with Crippen molar-refractivity contribution >= 4 is 23.5 Å². The van der Waals surface area contributed by atoms with E-state index in [0.29, 0.717) is 11.3 Å². The number of benzene rings is 3. The lowest BCUT2D eigenvalue weighted by atomic mass is 9.42. The van der Waals surface area contributed by atoms with E-state index < -0.39 is 28.6 Å². The minimum Gasteiger partial charge on any atom is -0.462 e. The van der Waals surface area contributed by atoms with Crippen molar-refractivity contribution in [3.63, 3.8) is 0 Å². The van der Waals surface area contributed by atoms with Crippen LogP contribution in [0.2, 0.25) is 0 Å². The maximum absolute atomic E-state index is 14.1. The molecule has 1 fully saturated rings. The Hall–Kier alpha value is -3.73. The number of imide groups is 1. The van der Waals surface area contributed by atoms with Crippen molar-refractivity contribution in [1.82, 2.24) is 0 Å². The summed E-state index contributed by atoms with van der Waals surface area (Å²) in [5.41, 5.74) is 3.92. The van der Waals surface area contributed by atoms with Crippen molar-refractivity contribution in [3.8, 4) is 0 Å². The van der Waals surface area contributed by atoms with Crippen molar-refractivity contribution in [2.24, 2.45) is 11.8 Å². The molecule has 0 spiro atoms. The third kappa shape index (κ3) is 2.32. The van der Waals surface area contributed by atoms with Gasteiger partial charge >= 0.3 is 5.97 Å². The first-order valence-corrected chi connectivity index (χ1v) is 11.7. The topological polar surface area (TPSA) is 63.7 Å². The summed E-state index contributed by atoms with van der Waals surface area (Å²) in [4.78, 5) is 41.8. The zero-order valence-electron chi connectivity index (χ0n) is 19.4. The van der Waals surface area contributed by atoms with Gasteiger partial charge in [0.25, 0.3) is 0 Å². The lowest BCUT2D eigenvalue weighted by molar-refractivity contribution is -0.124. The summed E-state index contributed by atoms with van der Waals surface area (Å²) in [6.45, 7) is 6.20. The molecule has 2 amide bonds. The Kier molecular flexibility index (Phi) is 4.22. The second kappa shape index (κ2) is 6.89. The summed E-state index contributed by atoms with van der Waals surface area (Å²) in [7, 11) is 0. The smallest absolute Gasteiger partial charge is 0.338 e. The lowest BCUT2D eigenvalue weighted by Crippen LogP contribution is -2.59. The molecule has 0 unspecified atom stereocenters. The maximum atomic E-state index is 14.1. The SMILES string of the molecule is CCOC(=O)c1cccc(N2C(=O)[C@H]3[C@H](C2=O)C2(C)c4ccccc4C3(C)c3ccccc32)c1. The van der Waals surface area contributed by atoms with Gasteiger partial charge in [0.15, 0.2) is 0 Å². The quantitative estimate of drug-likeness (QED) is 0.431. The highest BCUT2D eigenvalue weighted by atomic mass is 16.5. The van der Waals surface area contributed by atoms with Crippen molar-refractivity contribution in [2.45, 2.75) is 31.6 Å². The van der Waals surface area contributed by atoms with Crippen LogP contribution in [0, 0.1) is 11.8 Å². The molecule has 3 aromatic rings. The molecule has 0 aromatic heterocycles. The van der Waals surface area contributed by atoms with Gasteiger partial charge in [-0.05, 0) is 47.4 Å². The number of rotatable bonds is 3. The average Bonchev–Trinajstić information content (AvgIpc) is 3.14. The maximum Gasteiger partial charge on any atom is 0.338 e. The van der Waals surface area contributed by atoms with Gasteiger partial charge in [0.1, 0.15) is 0 Å². The van der Waals surface area contributed by atoms with Crippen LogP contribution in [-0.2, 0) is 25.2 Å². The van der Waals surface area contributed by atoms with E-state index in [-0.39, 0.29) is 18.4 Å². The molecule has 0 saturated carbocycles. The molecule has 0 N–H and O–H groups in total. The molecule has 170 valence electrons. The molecule has 0 radical (unpaired) electrons. The van der Waals surface area contributed by atoms with E-state index in [0.717, 1.165) is 22.3 Å². The van der Waals surface area contributed by atoms with Crippen LogP contribution in [0.5, 0.6) is 0 Å². The fourth-order valence-corrected chi connectivity index (χ4v) is 6.81. The van der Waals surface area contributed by atoms with Crippen LogP contribution >= 0.6 is 0 Å². The highest BCUT2D eigenvalue weighted by molar-refractivity contribution is 6.24. The molecule has 7 rings (SSSR count). The minimum absolute atomic E-state index is 0.214. The summed E-state index contributed by atoms with van der Waals surface area (Å²) in [6, 6.07) is 23.0. The van der Waals surface area contributed by atoms with Gasteiger partial charge in [0, 0.05) is 10.8 Å². The van der Waals surface area contributed by atoms with Crippen LogP contribution in [0.4, 0.5) is 5.69 Å². The Labute approximate surface area is 198 Å². The molecule has 3 aromatic carbocycles. The molecule has 34 heavy (non-hydrogen) atoms. The molecule has 5 nitrogen and oxygen atoms in total. The van der Waals surface area contributed by atoms with Gasteiger partial charge in [-0.3, -0.25) is 9.59 Å². The van der Waals surface area contributed by atoms with Gasteiger partial charge in [0.2, 0.25) is 11.8 Å². The first kappa shape index (κ1) is 20.8. The molecular formula is C29H25NO4. The zero-order chi connectivity index (χ0) is 23.8. The highest BCUT2D eigenvalue weighted by Gasteiger charge is 2.70. The van der Waals surface area contributed by atoms with E-state index >= 15 is 0 Å². The minimum atomic E-state index is -0.629. The molecule has 1 saturated heterocycles. The number of carbonyl (C=O) groups excluding carboxylic acids is 3. The van der Waals surface area contributed by atoms with Crippen molar-refractivity contribution in [3.05, 3.63) is 101 Å². The van der Waals surface area contributed by atoms with Crippen molar-refractivity contribution in [1.29, 1.82) is 0 Å². The van der Waals surface area contributed by atoms with Gasteiger partial charge in [0.05, 0.1) is 29.7 Å². The number of amides is 2. The van der Waals surface area contributed by atoms with Gasteiger partial charge in [-0.25, -0.2) is 9.69 Å². The normalized spacial score (nSPS) is 28.4. The second-order valence-electron chi connectivity index (χ2n) is 9.73. The van der Waals surface area contributed by atoms with Crippen molar-refractivity contribution in [2.75, 3.05) is 11.5 Å². The summed E-state index contributed by atoms with van der Waals surface area (Å²) < 4.78 is 5.13. The summed E-state index contributed by atoms with van der Waals surface area (Å²) in [6.07, 6.45) is 0. The first-order valence-electron chi connectivity index (χ1n) is 11.7. The lowest BCUT2D eigenvalue weighted by Gasteiger charge is -2.57. The van der Waals surface area contributed by atoms with E-state index in [1.807, 2.05) is 24.3 Å². The Morgan fingerprint density at radius 3 is 1.71 bits per heavy atom. The van der Waals surface area contributed by atoms with E-state index in [9.17, 15) is 14.4 Å². The Bertz CT molecular complexity index is 1270. The van der Waals surface area contributed by atoms with Crippen LogP contribution in [0.15, 0.2) is 72.8 Å². The van der Waals surface area contributed by atoms with Crippen LogP contribution in [0.25, 0.3) is 0 Å². The summed E-state index contributed by atoms with van der Waals surface area (Å²) >= 11 is 0. The number of carbonyl (C=O) groups is 3. The number of hydrogen-bond acceptors (Lipinski definition) is 4. The number of anilines is 1. The molecular weight excluding hydrogens is 426 g/mol. The van der Waals surface area contributed by atoms with Gasteiger partial charge in [-0.1, -0.05) is 68.4 Å². The van der Waals surface area contributed by atoms with E-state index in [2.05, 4.69) is 38.1 Å². The Balaban J connectivity index is 1.56. The molecule has 4 aliphatic rings. The fraction of sp³-hybridized carbons (Fsp3) is 0.276. The number of hydrogen-bond donors (Lipinski definition) is 0. The van der Waals surface area contributed by atoms with Gasteiger partial charge < -0.3 is 4.74 Å². The third-order valence-electron chi connectivity index (χ3n) is 8.26. The van der Waals surface area contributed by atoms with E-state index in [4.69, 9.17) is 4.74 Å². The largest absolute Gasteiger partial charge is 0.462 e. The summed E-state index contributed by atoms with van der Waals surface area (Å²) in [5.74, 6) is -1.95. The van der Waals surface area contributed by atoms with Crippen LogP contribution < -0.4 is 4.90 Å². The van der Waals surface area contributed by atoms with Crippen LogP contribution in [0.3, 0.4) is 0 Å². The molecule has 1 aliphatic heterocycles. The van der Waals surface area contributed by atoms with Crippen LogP contribution in [-0.4, -0.2) is 24.4 Å².